The van der Waals surface area contributed by atoms with Crippen molar-refractivity contribution in [2.45, 2.75) is 16.7 Å². The van der Waals surface area contributed by atoms with Gasteiger partial charge in [-0.05, 0) is 18.8 Å². The Labute approximate surface area is 112 Å². The van der Waals surface area contributed by atoms with Gasteiger partial charge in [-0.3, -0.25) is 4.40 Å². The van der Waals surface area contributed by atoms with Gasteiger partial charge in [0.2, 0.25) is 0 Å². The quantitative estimate of drug-likeness (QED) is 0.782. The summed E-state index contributed by atoms with van der Waals surface area (Å²) in [5.74, 6) is 0. The first-order valence-corrected chi connectivity index (χ1v) is 7.10. The highest BCUT2D eigenvalue weighted by molar-refractivity contribution is 7.99. The topological polar surface area (TPSA) is 60.0 Å². The largest absolute Gasteiger partial charge is 0.314 e. The highest BCUT2D eigenvalue weighted by Crippen LogP contribution is 2.30. The van der Waals surface area contributed by atoms with Crippen LogP contribution >= 0.6 is 23.1 Å². The molecule has 0 saturated carbocycles. The third-order valence-corrected chi connectivity index (χ3v) is 4.36. The van der Waals surface area contributed by atoms with Crippen molar-refractivity contribution in [3.05, 3.63) is 23.6 Å². The Balaban J connectivity index is 2.02. The Morgan fingerprint density at radius 3 is 3.11 bits per heavy atom. The first-order valence-electron chi connectivity index (χ1n) is 5.40. The van der Waals surface area contributed by atoms with Gasteiger partial charge in [0.25, 0.3) is 0 Å². The molecule has 8 heteroatoms. The summed E-state index contributed by atoms with van der Waals surface area (Å²) >= 11 is 3.17. The maximum atomic E-state index is 4.63. The van der Waals surface area contributed by atoms with Crippen LogP contribution in [0.5, 0.6) is 0 Å². The number of thiazole rings is 1. The molecule has 0 aliphatic rings. The smallest absolute Gasteiger partial charge is 0.197 e. The molecule has 3 rings (SSSR count). The zero-order valence-electron chi connectivity index (χ0n) is 9.99. The molecule has 0 radical (unpaired) electrons. The van der Waals surface area contributed by atoms with Gasteiger partial charge in [-0.15, -0.1) is 21.5 Å². The number of aryl methyl sites for hydroxylation is 1. The van der Waals surface area contributed by atoms with Crippen molar-refractivity contribution in [3.63, 3.8) is 0 Å². The fourth-order valence-corrected chi connectivity index (χ4v) is 3.34. The minimum atomic E-state index is 0.776. The third-order valence-electron chi connectivity index (χ3n) is 2.53. The van der Waals surface area contributed by atoms with Crippen molar-refractivity contribution in [1.82, 2.24) is 29.5 Å². The van der Waals surface area contributed by atoms with Crippen LogP contribution in [-0.2, 0) is 13.6 Å². The van der Waals surface area contributed by atoms with Gasteiger partial charge < -0.3 is 9.88 Å². The Morgan fingerprint density at radius 2 is 2.39 bits per heavy atom. The standard InChI is InChI=1S/C10H12N6S2/c1-11-5-7-8(13-9-16(7)3-4-17-9)18-10-14-12-6-15(10)2/h3-4,6,11H,5H2,1-2H3. The number of nitrogens with zero attached hydrogens (tertiary/aromatic N) is 5. The van der Waals surface area contributed by atoms with E-state index in [1.165, 1.54) is 0 Å². The van der Waals surface area contributed by atoms with E-state index in [4.69, 9.17) is 0 Å². The molecule has 0 unspecified atom stereocenters. The fourth-order valence-electron chi connectivity index (χ4n) is 1.67. The maximum absolute atomic E-state index is 4.63. The molecule has 0 spiro atoms. The lowest BCUT2D eigenvalue weighted by atomic mass is 10.5. The lowest BCUT2D eigenvalue weighted by Gasteiger charge is -2.02. The highest BCUT2D eigenvalue weighted by atomic mass is 32.2. The van der Waals surface area contributed by atoms with Gasteiger partial charge in [0, 0.05) is 25.2 Å². The Morgan fingerprint density at radius 1 is 1.50 bits per heavy atom. The van der Waals surface area contributed by atoms with E-state index in [1.807, 2.05) is 30.2 Å². The minimum absolute atomic E-state index is 0.776. The molecule has 0 fully saturated rings. The molecule has 18 heavy (non-hydrogen) atoms. The second-order valence-electron chi connectivity index (χ2n) is 3.78. The van der Waals surface area contributed by atoms with E-state index in [-0.39, 0.29) is 0 Å². The first-order chi connectivity index (χ1) is 8.79. The van der Waals surface area contributed by atoms with E-state index in [0.29, 0.717) is 0 Å². The van der Waals surface area contributed by atoms with Crippen molar-refractivity contribution in [2.75, 3.05) is 7.05 Å². The Bertz CT molecular complexity index is 667. The number of imidazole rings is 1. The summed E-state index contributed by atoms with van der Waals surface area (Å²) < 4.78 is 4.00. The summed E-state index contributed by atoms with van der Waals surface area (Å²) in [6.45, 7) is 0.776. The van der Waals surface area contributed by atoms with Crippen LogP contribution < -0.4 is 5.32 Å². The van der Waals surface area contributed by atoms with Gasteiger partial charge in [0.05, 0.1) is 5.69 Å². The zero-order valence-corrected chi connectivity index (χ0v) is 11.6. The van der Waals surface area contributed by atoms with E-state index >= 15 is 0 Å². The molecule has 3 aromatic heterocycles. The third kappa shape index (κ3) is 1.92. The summed E-state index contributed by atoms with van der Waals surface area (Å²) in [6.07, 6.45) is 3.74. The van der Waals surface area contributed by atoms with Crippen LogP contribution in [-0.4, -0.2) is 31.2 Å². The van der Waals surface area contributed by atoms with E-state index < -0.39 is 0 Å². The molecule has 0 atom stereocenters. The van der Waals surface area contributed by atoms with Gasteiger partial charge in [-0.2, -0.15) is 0 Å². The summed E-state index contributed by atoms with van der Waals surface area (Å²) in [5.41, 5.74) is 1.15. The van der Waals surface area contributed by atoms with Crippen molar-refractivity contribution < 1.29 is 0 Å². The van der Waals surface area contributed by atoms with Crippen molar-refractivity contribution in [1.29, 1.82) is 0 Å². The number of rotatable bonds is 4. The number of hydrogen-bond acceptors (Lipinski definition) is 6. The van der Waals surface area contributed by atoms with Crippen molar-refractivity contribution >= 4 is 28.1 Å². The lowest BCUT2D eigenvalue weighted by molar-refractivity contribution is 0.759. The molecule has 0 aliphatic heterocycles. The average Bonchev–Trinajstić information content (AvgIpc) is 3.01. The van der Waals surface area contributed by atoms with Crippen LogP contribution in [0.1, 0.15) is 5.69 Å². The first kappa shape index (κ1) is 11.7. The van der Waals surface area contributed by atoms with Gasteiger partial charge >= 0.3 is 0 Å². The summed E-state index contributed by atoms with van der Waals surface area (Å²) in [5, 5.41) is 15.0. The Kier molecular flexibility index (Phi) is 3.06. The predicted molar refractivity (Wildman–Crippen MR) is 71.0 cm³/mol. The van der Waals surface area contributed by atoms with E-state index in [2.05, 4.69) is 24.9 Å². The summed E-state index contributed by atoms with van der Waals surface area (Å²) in [6, 6.07) is 0. The normalized spacial score (nSPS) is 11.4. The van der Waals surface area contributed by atoms with Crippen LogP contribution in [0.2, 0.25) is 0 Å². The molecule has 0 bridgehead atoms. The van der Waals surface area contributed by atoms with Crippen LogP contribution in [0.3, 0.4) is 0 Å². The minimum Gasteiger partial charge on any atom is -0.314 e. The highest BCUT2D eigenvalue weighted by Gasteiger charge is 2.15. The second kappa shape index (κ2) is 4.71. The van der Waals surface area contributed by atoms with E-state index in [9.17, 15) is 0 Å². The summed E-state index contributed by atoms with van der Waals surface area (Å²) in [4.78, 5) is 5.64. The molecule has 3 heterocycles. The van der Waals surface area contributed by atoms with Crippen molar-refractivity contribution in [3.8, 4) is 0 Å². The van der Waals surface area contributed by atoms with Gasteiger partial charge in [-0.25, -0.2) is 4.98 Å². The average molecular weight is 280 g/mol. The van der Waals surface area contributed by atoms with Crippen LogP contribution in [0, 0.1) is 0 Å². The molecule has 0 amide bonds. The fraction of sp³-hybridized carbons (Fsp3) is 0.300. The number of fused-ring (bicyclic) bond motifs is 1. The molecule has 6 nitrogen and oxygen atoms in total. The Hall–Kier alpha value is -1.38. The molecule has 94 valence electrons. The van der Waals surface area contributed by atoms with Crippen LogP contribution in [0.25, 0.3) is 4.96 Å². The van der Waals surface area contributed by atoms with Gasteiger partial charge in [0.15, 0.2) is 10.1 Å². The van der Waals surface area contributed by atoms with E-state index in [1.54, 1.807) is 29.4 Å². The molecule has 3 aromatic rings. The second-order valence-corrected chi connectivity index (χ2v) is 5.61. The maximum Gasteiger partial charge on any atom is 0.197 e. The zero-order chi connectivity index (χ0) is 12.5. The van der Waals surface area contributed by atoms with E-state index in [0.717, 1.165) is 27.4 Å². The monoisotopic (exact) mass is 280 g/mol. The van der Waals surface area contributed by atoms with Crippen LogP contribution in [0.15, 0.2) is 28.1 Å². The molecular weight excluding hydrogens is 268 g/mol. The van der Waals surface area contributed by atoms with Crippen LogP contribution in [0.4, 0.5) is 0 Å². The molecule has 0 aliphatic carbocycles. The predicted octanol–water partition coefficient (Wildman–Crippen LogP) is 1.39. The molecular formula is C10H12N6S2. The lowest BCUT2D eigenvalue weighted by Crippen LogP contribution is -2.08. The molecule has 1 N–H and O–H groups in total. The summed E-state index contributed by atoms with van der Waals surface area (Å²) in [7, 11) is 3.86. The number of nitrogens with one attached hydrogen (secondary N) is 1. The van der Waals surface area contributed by atoms with Gasteiger partial charge in [-0.1, -0.05) is 0 Å². The number of aromatic nitrogens is 5. The molecule has 0 saturated heterocycles. The number of hydrogen-bond donors (Lipinski definition) is 1. The SMILES string of the molecule is CNCc1c(Sc2nncn2C)nc2sccn12. The van der Waals surface area contributed by atoms with Gasteiger partial charge in [0.1, 0.15) is 11.4 Å². The molecule has 0 aromatic carbocycles. The van der Waals surface area contributed by atoms with Crippen molar-refractivity contribution in [2.24, 2.45) is 7.05 Å².